The number of para-hydroxylation sites is 1. The maximum absolute atomic E-state index is 12.3. The average molecular weight is 406 g/mol. The average Bonchev–Trinajstić information content (AvgIpc) is 2.68. The SMILES string of the molecule is COc1cccc(CCC(=O)O[C@@H](C)C(=O)Nc2cc(Cl)ccc2C)c1OC. The van der Waals surface area contributed by atoms with E-state index in [0.717, 1.165) is 11.1 Å². The van der Waals surface area contributed by atoms with Crippen molar-refractivity contribution in [3.63, 3.8) is 0 Å². The van der Waals surface area contributed by atoms with Gasteiger partial charge in [-0.2, -0.15) is 0 Å². The first kappa shape index (κ1) is 21.6. The van der Waals surface area contributed by atoms with Gasteiger partial charge in [-0.05, 0) is 49.6 Å². The van der Waals surface area contributed by atoms with Crippen molar-refractivity contribution in [1.82, 2.24) is 0 Å². The first-order valence-electron chi connectivity index (χ1n) is 8.82. The molecule has 0 bridgehead atoms. The number of rotatable bonds is 8. The van der Waals surface area contributed by atoms with E-state index >= 15 is 0 Å². The van der Waals surface area contributed by atoms with Crippen molar-refractivity contribution < 1.29 is 23.8 Å². The summed E-state index contributed by atoms with van der Waals surface area (Å²) in [5.74, 6) is 0.283. The zero-order chi connectivity index (χ0) is 20.7. The van der Waals surface area contributed by atoms with Crippen molar-refractivity contribution in [1.29, 1.82) is 0 Å². The van der Waals surface area contributed by atoms with Gasteiger partial charge in [-0.15, -0.1) is 0 Å². The highest BCUT2D eigenvalue weighted by molar-refractivity contribution is 6.31. The minimum absolute atomic E-state index is 0.108. The molecular weight excluding hydrogens is 382 g/mol. The van der Waals surface area contributed by atoms with Gasteiger partial charge in [0.05, 0.1) is 14.2 Å². The van der Waals surface area contributed by atoms with E-state index in [-0.39, 0.29) is 6.42 Å². The third-order valence-corrected chi connectivity index (χ3v) is 4.45. The van der Waals surface area contributed by atoms with E-state index in [2.05, 4.69) is 5.32 Å². The number of halogens is 1. The van der Waals surface area contributed by atoms with Gasteiger partial charge in [0.1, 0.15) is 0 Å². The molecule has 0 heterocycles. The predicted octanol–water partition coefficient (Wildman–Crippen LogP) is 4.17. The Morgan fingerprint density at radius 2 is 1.89 bits per heavy atom. The van der Waals surface area contributed by atoms with Crippen LogP contribution in [0.1, 0.15) is 24.5 Å². The summed E-state index contributed by atoms with van der Waals surface area (Å²) in [6.07, 6.45) is -0.420. The Hall–Kier alpha value is -2.73. The van der Waals surface area contributed by atoms with Gasteiger partial charge in [0.2, 0.25) is 0 Å². The minimum atomic E-state index is -0.932. The monoisotopic (exact) mass is 405 g/mol. The van der Waals surface area contributed by atoms with Gasteiger partial charge in [0, 0.05) is 17.1 Å². The van der Waals surface area contributed by atoms with Crippen LogP contribution in [0.25, 0.3) is 0 Å². The first-order chi connectivity index (χ1) is 13.3. The fourth-order valence-corrected chi connectivity index (χ4v) is 2.83. The van der Waals surface area contributed by atoms with Crippen molar-refractivity contribution in [2.24, 2.45) is 0 Å². The van der Waals surface area contributed by atoms with Crippen LogP contribution >= 0.6 is 11.6 Å². The number of benzene rings is 2. The summed E-state index contributed by atoms with van der Waals surface area (Å²) in [6.45, 7) is 3.38. The molecule has 1 N–H and O–H groups in total. The van der Waals surface area contributed by atoms with Crippen LogP contribution in [0.2, 0.25) is 5.02 Å². The molecule has 1 atom stereocenters. The molecule has 2 aromatic carbocycles. The summed E-state index contributed by atoms with van der Waals surface area (Å²) in [7, 11) is 3.10. The minimum Gasteiger partial charge on any atom is -0.493 e. The number of nitrogens with one attached hydrogen (secondary N) is 1. The lowest BCUT2D eigenvalue weighted by atomic mass is 10.1. The number of carbonyl (C=O) groups excluding carboxylic acids is 2. The topological polar surface area (TPSA) is 73.9 Å². The van der Waals surface area contributed by atoms with Gasteiger partial charge >= 0.3 is 5.97 Å². The Morgan fingerprint density at radius 1 is 1.14 bits per heavy atom. The maximum atomic E-state index is 12.3. The highest BCUT2D eigenvalue weighted by atomic mass is 35.5. The molecule has 28 heavy (non-hydrogen) atoms. The van der Waals surface area contributed by atoms with E-state index in [1.807, 2.05) is 19.1 Å². The summed E-state index contributed by atoms with van der Waals surface area (Å²) in [5.41, 5.74) is 2.27. The largest absolute Gasteiger partial charge is 0.493 e. The number of hydrogen-bond acceptors (Lipinski definition) is 5. The smallest absolute Gasteiger partial charge is 0.306 e. The molecule has 6 nitrogen and oxygen atoms in total. The molecule has 0 spiro atoms. The number of anilines is 1. The highest BCUT2D eigenvalue weighted by Gasteiger charge is 2.19. The molecule has 1 amide bonds. The Kier molecular flexibility index (Phi) is 7.70. The second-order valence-electron chi connectivity index (χ2n) is 6.23. The Morgan fingerprint density at radius 3 is 2.57 bits per heavy atom. The van der Waals surface area contributed by atoms with Crippen molar-refractivity contribution in [3.8, 4) is 11.5 Å². The van der Waals surface area contributed by atoms with Crippen molar-refractivity contribution in [2.75, 3.05) is 19.5 Å². The molecular formula is C21H24ClNO5. The van der Waals surface area contributed by atoms with Crippen LogP contribution in [0, 0.1) is 6.92 Å². The fourth-order valence-electron chi connectivity index (χ4n) is 2.66. The quantitative estimate of drug-likeness (QED) is 0.667. The van der Waals surface area contributed by atoms with Gasteiger partial charge in [0.15, 0.2) is 17.6 Å². The van der Waals surface area contributed by atoms with E-state index < -0.39 is 18.0 Å². The molecule has 0 saturated carbocycles. The zero-order valence-corrected chi connectivity index (χ0v) is 17.1. The molecule has 7 heteroatoms. The maximum Gasteiger partial charge on any atom is 0.306 e. The van der Waals surface area contributed by atoms with Crippen LogP contribution in [0.5, 0.6) is 11.5 Å². The number of amides is 1. The van der Waals surface area contributed by atoms with Gasteiger partial charge in [-0.3, -0.25) is 9.59 Å². The van der Waals surface area contributed by atoms with Crippen LogP contribution in [0.3, 0.4) is 0 Å². The Bertz CT molecular complexity index is 853. The van der Waals surface area contributed by atoms with Crippen molar-refractivity contribution in [2.45, 2.75) is 32.8 Å². The van der Waals surface area contributed by atoms with Crippen molar-refractivity contribution >= 4 is 29.2 Å². The summed E-state index contributed by atoms with van der Waals surface area (Å²) < 4.78 is 15.9. The summed E-state index contributed by atoms with van der Waals surface area (Å²) in [6, 6.07) is 10.7. The summed E-state index contributed by atoms with van der Waals surface area (Å²) >= 11 is 5.95. The third kappa shape index (κ3) is 5.63. The normalized spacial score (nSPS) is 11.5. The lowest BCUT2D eigenvalue weighted by molar-refractivity contribution is -0.153. The third-order valence-electron chi connectivity index (χ3n) is 4.22. The van der Waals surface area contributed by atoms with Crippen LogP contribution < -0.4 is 14.8 Å². The molecule has 0 aromatic heterocycles. The molecule has 0 unspecified atom stereocenters. The van der Waals surface area contributed by atoms with Gasteiger partial charge in [-0.1, -0.05) is 29.8 Å². The van der Waals surface area contributed by atoms with Crippen molar-refractivity contribution in [3.05, 3.63) is 52.5 Å². The summed E-state index contributed by atoms with van der Waals surface area (Å²) in [4.78, 5) is 24.5. The Labute approximate surface area is 169 Å². The molecule has 0 aliphatic heterocycles. The lowest BCUT2D eigenvalue weighted by Gasteiger charge is -2.15. The zero-order valence-electron chi connectivity index (χ0n) is 16.4. The lowest BCUT2D eigenvalue weighted by Crippen LogP contribution is -2.30. The Balaban J connectivity index is 1.92. The number of carbonyl (C=O) groups is 2. The van der Waals surface area contributed by atoms with E-state index in [1.54, 1.807) is 38.5 Å². The second-order valence-corrected chi connectivity index (χ2v) is 6.67. The molecule has 0 aliphatic carbocycles. The number of methoxy groups -OCH3 is 2. The molecule has 0 saturated heterocycles. The number of esters is 1. The summed E-state index contributed by atoms with van der Waals surface area (Å²) in [5, 5.41) is 3.24. The van der Waals surface area contributed by atoms with E-state index in [1.165, 1.54) is 6.92 Å². The molecule has 0 radical (unpaired) electrons. The molecule has 2 rings (SSSR count). The van der Waals surface area contributed by atoms with Gasteiger partial charge in [-0.25, -0.2) is 0 Å². The van der Waals surface area contributed by atoms with Gasteiger partial charge < -0.3 is 19.5 Å². The molecule has 150 valence electrons. The number of aryl methyl sites for hydroxylation is 2. The van der Waals surface area contributed by atoms with Crippen LogP contribution in [0.4, 0.5) is 5.69 Å². The molecule has 0 fully saturated rings. The van der Waals surface area contributed by atoms with E-state index in [9.17, 15) is 9.59 Å². The van der Waals surface area contributed by atoms with Crippen LogP contribution in [-0.4, -0.2) is 32.2 Å². The van der Waals surface area contributed by atoms with Crippen LogP contribution in [0.15, 0.2) is 36.4 Å². The highest BCUT2D eigenvalue weighted by Crippen LogP contribution is 2.31. The van der Waals surface area contributed by atoms with Gasteiger partial charge in [0.25, 0.3) is 5.91 Å². The number of ether oxygens (including phenoxy) is 3. The van der Waals surface area contributed by atoms with E-state index in [4.69, 9.17) is 25.8 Å². The van der Waals surface area contributed by atoms with Crippen LogP contribution in [-0.2, 0) is 20.7 Å². The molecule has 0 aliphatic rings. The second kappa shape index (κ2) is 9.99. The fraction of sp³-hybridized carbons (Fsp3) is 0.333. The standard InChI is InChI=1S/C21H24ClNO5/c1-13-8-10-16(22)12-17(13)23-21(25)14(2)28-19(24)11-9-15-6-5-7-18(26-3)20(15)27-4/h5-8,10,12,14H,9,11H2,1-4H3,(H,23,25)/t14-/m0/s1. The predicted molar refractivity (Wildman–Crippen MR) is 108 cm³/mol. The van der Waals surface area contributed by atoms with E-state index in [0.29, 0.717) is 28.6 Å². The first-order valence-corrected chi connectivity index (χ1v) is 9.19. The molecule has 2 aromatic rings. The number of hydrogen-bond donors (Lipinski definition) is 1.